The van der Waals surface area contributed by atoms with E-state index in [9.17, 15) is 4.79 Å². The number of hydrogen-bond donors (Lipinski definition) is 1. The van der Waals surface area contributed by atoms with Crippen molar-refractivity contribution in [3.05, 3.63) is 77.5 Å². The lowest BCUT2D eigenvalue weighted by Gasteiger charge is -2.15. The van der Waals surface area contributed by atoms with E-state index in [4.69, 9.17) is 16.6 Å². The minimum atomic E-state index is -0.781. The smallest absolute Gasteiger partial charge is 0.276 e. The lowest BCUT2D eigenvalue weighted by Crippen LogP contribution is -2.35. The van der Waals surface area contributed by atoms with Gasteiger partial charge in [-0.15, -0.1) is 0 Å². The van der Waals surface area contributed by atoms with Crippen LogP contribution in [0.15, 0.2) is 66.2 Å². The Bertz CT molecular complexity index is 1330. The van der Waals surface area contributed by atoms with Crippen LogP contribution in [0.5, 0.6) is 0 Å². The summed E-state index contributed by atoms with van der Waals surface area (Å²) in [4.78, 5) is 31.3. The second kappa shape index (κ2) is 7.48. The molecular formula is C22H18ClN7O. The molecule has 3 heterocycles. The first-order valence-corrected chi connectivity index (χ1v) is 10.1. The summed E-state index contributed by atoms with van der Waals surface area (Å²) in [6.45, 7) is 3.82. The van der Waals surface area contributed by atoms with Crippen molar-refractivity contribution < 1.29 is 4.79 Å². The Morgan fingerprint density at radius 1 is 1.06 bits per heavy atom. The molecule has 1 aliphatic rings. The Morgan fingerprint density at radius 2 is 1.87 bits per heavy atom. The quantitative estimate of drug-likeness (QED) is 0.531. The van der Waals surface area contributed by atoms with Crippen LogP contribution in [0.25, 0.3) is 11.2 Å². The minimum Gasteiger partial charge on any atom is -0.295 e. The number of para-hydroxylation sites is 1. The van der Waals surface area contributed by atoms with Crippen molar-refractivity contribution in [1.29, 1.82) is 0 Å². The number of carbonyl (C=O) groups is 1. The standard InChI is InChI=1S/C22H18ClN7O/c1-13-8-9-16(23)17(10-13)27-20-19(22(31)30(28-20)15-6-4-3-5-7-15)29-12-26-18-14(2)24-11-25-21(18)29/h3-12,19H,1-2H3,(H,27,28). The number of aliphatic imine (C=N–C) groups is 1. The fourth-order valence-electron chi connectivity index (χ4n) is 3.57. The van der Waals surface area contributed by atoms with Gasteiger partial charge >= 0.3 is 0 Å². The van der Waals surface area contributed by atoms with Crippen LogP contribution in [0.2, 0.25) is 5.02 Å². The van der Waals surface area contributed by atoms with Gasteiger partial charge in [0.2, 0.25) is 0 Å². The topological polar surface area (TPSA) is 88.3 Å². The summed E-state index contributed by atoms with van der Waals surface area (Å²) in [7, 11) is 0. The average molecular weight is 432 g/mol. The number of nitrogens with zero attached hydrogens (tertiary/aromatic N) is 6. The molecule has 1 saturated heterocycles. The molecule has 1 unspecified atom stereocenters. The van der Waals surface area contributed by atoms with Gasteiger partial charge in [0.25, 0.3) is 5.91 Å². The molecule has 1 atom stereocenters. The second-order valence-electron chi connectivity index (χ2n) is 7.26. The van der Waals surface area contributed by atoms with Gasteiger partial charge in [0.1, 0.15) is 11.8 Å². The third kappa shape index (κ3) is 3.30. The largest absolute Gasteiger partial charge is 0.295 e. The Kier molecular flexibility index (Phi) is 4.63. The average Bonchev–Trinajstić information content (AvgIpc) is 3.33. The Hall–Kier alpha value is -3.78. The first kappa shape index (κ1) is 19.2. The summed E-state index contributed by atoms with van der Waals surface area (Å²) in [5.74, 6) is 0.223. The molecule has 4 aromatic rings. The Labute approximate surface area is 183 Å². The van der Waals surface area contributed by atoms with Crippen LogP contribution in [-0.4, -0.2) is 31.3 Å². The van der Waals surface area contributed by atoms with Gasteiger partial charge in [-0.1, -0.05) is 35.9 Å². The Balaban J connectivity index is 1.68. The molecule has 1 N–H and O–H groups in total. The fourth-order valence-corrected chi connectivity index (χ4v) is 3.73. The van der Waals surface area contributed by atoms with Gasteiger partial charge in [0.15, 0.2) is 17.5 Å². The summed E-state index contributed by atoms with van der Waals surface area (Å²) in [6.07, 6.45) is 3.06. The van der Waals surface area contributed by atoms with Crippen LogP contribution in [0.3, 0.4) is 0 Å². The summed E-state index contributed by atoms with van der Waals surface area (Å²) >= 11 is 6.38. The van der Waals surface area contributed by atoms with Crippen molar-refractivity contribution >= 4 is 45.9 Å². The van der Waals surface area contributed by atoms with Crippen molar-refractivity contribution in [1.82, 2.24) is 24.9 Å². The SMILES string of the molecule is Cc1ccc(Cl)c(N=C2NN(c3ccccc3)C(=O)C2n2cnc3c(C)ncnc32)c1. The maximum Gasteiger partial charge on any atom is 0.276 e. The first-order valence-electron chi connectivity index (χ1n) is 9.67. The number of aromatic nitrogens is 4. The van der Waals surface area contributed by atoms with Gasteiger partial charge in [0, 0.05) is 0 Å². The number of benzene rings is 2. The normalized spacial score (nSPS) is 17.5. The van der Waals surface area contributed by atoms with Gasteiger partial charge in [-0.05, 0) is 43.7 Å². The maximum atomic E-state index is 13.5. The van der Waals surface area contributed by atoms with E-state index >= 15 is 0 Å². The minimum absolute atomic E-state index is 0.204. The van der Waals surface area contributed by atoms with Crippen molar-refractivity contribution in [3.63, 3.8) is 0 Å². The third-order valence-corrected chi connectivity index (χ3v) is 5.44. The second-order valence-corrected chi connectivity index (χ2v) is 7.67. The van der Waals surface area contributed by atoms with Gasteiger partial charge in [-0.3, -0.25) is 14.8 Å². The van der Waals surface area contributed by atoms with Crippen LogP contribution < -0.4 is 10.4 Å². The highest BCUT2D eigenvalue weighted by Gasteiger charge is 2.41. The molecule has 1 amide bonds. The maximum absolute atomic E-state index is 13.5. The molecular weight excluding hydrogens is 414 g/mol. The number of amidine groups is 1. The highest BCUT2D eigenvalue weighted by Crippen LogP contribution is 2.31. The number of rotatable bonds is 3. The van der Waals surface area contributed by atoms with Crippen molar-refractivity contribution in [2.75, 3.05) is 5.01 Å². The van der Waals surface area contributed by atoms with Crippen LogP contribution in [0.1, 0.15) is 17.3 Å². The monoisotopic (exact) mass is 431 g/mol. The third-order valence-electron chi connectivity index (χ3n) is 5.12. The van der Waals surface area contributed by atoms with Crippen molar-refractivity contribution in [2.45, 2.75) is 19.9 Å². The number of aryl methyl sites for hydroxylation is 2. The van der Waals surface area contributed by atoms with Crippen molar-refractivity contribution in [2.24, 2.45) is 4.99 Å². The van der Waals surface area contributed by atoms with E-state index in [1.807, 2.05) is 56.3 Å². The number of imidazole rings is 1. The van der Waals surface area contributed by atoms with Crippen LogP contribution >= 0.6 is 11.6 Å². The van der Waals surface area contributed by atoms with Crippen molar-refractivity contribution in [3.8, 4) is 0 Å². The zero-order chi connectivity index (χ0) is 21.5. The highest BCUT2D eigenvalue weighted by molar-refractivity contribution is 6.33. The summed E-state index contributed by atoms with van der Waals surface area (Å²) in [5, 5.41) is 1.98. The van der Waals surface area contributed by atoms with E-state index in [-0.39, 0.29) is 5.91 Å². The lowest BCUT2D eigenvalue weighted by atomic mass is 10.2. The van der Waals surface area contributed by atoms with E-state index < -0.39 is 6.04 Å². The molecule has 5 rings (SSSR count). The number of halogens is 1. The number of amides is 1. The van der Waals surface area contributed by atoms with E-state index in [1.54, 1.807) is 17.0 Å². The van der Waals surface area contributed by atoms with Crippen LogP contribution in [0.4, 0.5) is 11.4 Å². The number of anilines is 1. The number of fused-ring (bicyclic) bond motifs is 1. The zero-order valence-electron chi connectivity index (χ0n) is 16.8. The number of hydrazine groups is 1. The van der Waals surface area contributed by atoms with Gasteiger partial charge < -0.3 is 0 Å². The lowest BCUT2D eigenvalue weighted by molar-refractivity contribution is -0.119. The van der Waals surface area contributed by atoms with E-state index in [0.717, 1.165) is 11.3 Å². The molecule has 1 fully saturated rings. The fraction of sp³-hybridized carbons (Fsp3) is 0.136. The summed E-state index contributed by atoms with van der Waals surface area (Å²) in [5.41, 5.74) is 7.39. The Morgan fingerprint density at radius 3 is 2.68 bits per heavy atom. The van der Waals surface area contributed by atoms with E-state index in [1.165, 1.54) is 11.3 Å². The van der Waals surface area contributed by atoms with Gasteiger partial charge in [-0.25, -0.2) is 25.0 Å². The molecule has 0 aliphatic carbocycles. The zero-order valence-corrected chi connectivity index (χ0v) is 17.6. The van der Waals surface area contributed by atoms with Crippen LogP contribution in [-0.2, 0) is 4.79 Å². The molecule has 8 nitrogen and oxygen atoms in total. The molecule has 0 saturated carbocycles. The molecule has 2 aromatic heterocycles. The van der Waals surface area contributed by atoms with E-state index in [0.29, 0.717) is 33.4 Å². The molecule has 0 spiro atoms. The summed E-state index contributed by atoms with van der Waals surface area (Å²) < 4.78 is 1.71. The molecule has 9 heteroatoms. The molecule has 0 radical (unpaired) electrons. The van der Waals surface area contributed by atoms with Crippen LogP contribution in [0, 0.1) is 13.8 Å². The first-order chi connectivity index (χ1) is 15.0. The number of hydrogen-bond acceptors (Lipinski definition) is 5. The molecule has 0 bridgehead atoms. The van der Waals surface area contributed by atoms with Gasteiger partial charge in [0.05, 0.1) is 28.4 Å². The molecule has 2 aromatic carbocycles. The predicted octanol–water partition coefficient (Wildman–Crippen LogP) is 3.92. The highest BCUT2D eigenvalue weighted by atomic mass is 35.5. The summed E-state index contributed by atoms with van der Waals surface area (Å²) in [6, 6.07) is 14.1. The van der Waals surface area contributed by atoms with Gasteiger partial charge in [-0.2, -0.15) is 0 Å². The van der Waals surface area contributed by atoms with E-state index in [2.05, 4.69) is 20.4 Å². The number of carbonyl (C=O) groups excluding carboxylic acids is 1. The molecule has 1 aliphatic heterocycles. The molecule has 154 valence electrons. The number of nitrogens with one attached hydrogen (secondary N) is 1. The molecule has 31 heavy (non-hydrogen) atoms. The predicted molar refractivity (Wildman–Crippen MR) is 119 cm³/mol.